The van der Waals surface area contributed by atoms with Crippen molar-refractivity contribution in [2.45, 2.75) is 23.9 Å². The van der Waals surface area contributed by atoms with Gasteiger partial charge in [-0.05, 0) is 23.8 Å². The highest BCUT2D eigenvalue weighted by atomic mass is 35.5. The number of imide groups is 1. The van der Waals surface area contributed by atoms with Gasteiger partial charge in [-0.25, -0.2) is 4.79 Å². The molecular weight excluding hydrogens is 398 g/mol. The van der Waals surface area contributed by atoms with Crippen LogP contribution in [0.3, 0.4) is 0 Å². The monoisotopic (exact) mass is 417 g/mol. The van der Waals surface area contributed by atoms with Gasteiger partial charge in [0.1, 0.15) is 6.04 Å². The number of hydrogen-bond acceptors (Lipinski definition) is 4. The highest BCUT2D eigenvalue weighted by Gasteiger charge is 2.39. The number of nitrogens with one attached hydrogen (secondary N) is 2. The van der Waals surface area contributed by atoms with E-state index in [-0.39, 0.29) is 18.9 Å². The molecule has 2 N–H and O–H groups in total. The van der Waals surface area contributed by atoms with Gasteiger partial charge in [0.2, 0.25) is 5.91 Å². The number of nitrogens with zero attached hydrogens (tertiary/aromatic N) is 1. The molecule has 0 aromatic heterocycles. The minimum atomic E-state index is -0.850. The molecule has 8 heteroatoms. The van der Waals surface area contributed by atoms with Crippen LogP contribution < -0.4 is 10.6 Å². The SMILES string of the molecule is O=C(C[C@H]1NC(=O)N(Cc2ccccc2Cl)C1=O)NCCSc1ccccc1. The second kappa shape index (κ2) is 9.61. The maximum Gasteiger partial charge on any atom is 0.325 e. The second-order valence-electron chi connectivity index (χ2n) is 6.23. The molecule has 28 heavy (non-hydrogen) atoms. The van der Waals surface area contributed by atoms with Crippen LogP contribution in [0.5, 0.6) is 0 Å². The van der Waals surface area contributed by atoms with E-state index >= 15 is 0 Å². The summed E-state index contributed by atoms with van der Waals surface area (Å²) >= 11 is 7.74. The van der Waals surface area contributed by atoms with Crippen LogP contribution in [0, 0.1) is 0 Å². The number of benzene rings is 2. The normalized spacial score (nSPS) is 16.2. The molecule has 1 fully saturated rings. The van der Waals surface area contributed by atoms with Crippen molar-refractivity contribution in [2.24, 2.45) is 0 Å². The van der Waals surface area contributed by atoms with Crippen LogP contribution in [-0.2, 0) is 16.1 Å². The first kappa shape index (κ1) is 20.2. The molecule has 1 aliphatic rings. The van der Waals surface area contributed by atoms with Gasteiger partial charge in [0.05, 0.1) is 13.0 Å². The summed E-state index contributed by atoms with van der Waals surface area (Å²) in [6, 6.07) is 15.6. The Kier molecular flexibility index (Phi) is 6.95. The first-order valence-electron chi connectivity index (χ1n) is 8.84. The largest absolute Gasteiger partial charge is 0.355 e. The summed E-state index contributed by atoms with van der Waals surface area (Å²) in [4.78, 5) is 39.0. The molecule has 3 rings (SSSR count). The fraction of sp³-hybridized carbons (Fsp3) is 0.250. The van der Waals surface area contributed by atoms with Gasteiger partial charge in [-0.3, -0.25) is 14.5 Å². The Bertz CT molecular complexity index is 863. The summed E-state index contributed by atoms with van der Waals surface area (Å²) in [5.41, 5.74) is 0.677. The molecule has 0 radical (unpaired) electrons. The molecule has 0 unspecified atom stereocenters. The van der Waals surface area contributed by atoms with Crippen LogP contribution in [0.25, 0.3) is 0 Å². The van der Waals surface area contributed by atoms with Crippen LogP contribution in [-0.4, -0.2) is 41.1 Å². The first-order valence-corrected chi connectivity index (χ1v) is 10.2. The number of halogens is 1. The van der Waals surface area contributed by atoms with Crippen molar-refractivity contribution in [3.63, 3.8) is 0 Å². The molecule has 4 amide bonds. The molecule has 0 aliphatic carbocycles. The number of urea groups is 1. The molecule has 1 atom stereocenters. The van der Waals surface area contributed by atoms with Crippen molar-refractivity contribution in [3.05, 3.63) is 65.2 Å². The van der Waals surface area contributed by atoms with Crippen LogP contribution in [0.15, 0.2) is 59.5 Å². The van der Waals surface area contributed by atoms with E-state index in [2.05, 4.69) is 10.6 Å². The Morgan fingerprint density at radius 1 is 1.11 bits per heavy atom. The zero-order valence-electron chi connectivity index (χ0n) is 15.1. The smallest absolute Gasteiger partial charge is 0.325 e. The lowest BCUT2D eigenvalue weighted by molar-refractivity contribution is -0.131. The summed E-state index contributed by atoms with van der Waals surface area (Å²) in [7, 11) is 0. The second-order valence-corrected chi connectivity index (χ2v) is 7.81. The number of carbonyl (C=O) groups is 3. The predicted molar refractivity (Wildman–Crippen MR) is 109 cm³/mol. The number of thioether (sulfide) groups is 1. The third-order valence-corrected chi connectivity index (χ3v) is 5.60. The lowest BCUT2D eigenvalue weighted by atomic mass is 10.1. The van der Waals surface area contributed by atoms with Crippen molar-refractivity contribution < 1.29 is 14.4 Å². The van der Waals surface area contributed by atoms with Crippen molar-refractivity contribution in [1.82, 2.24) is 15.5 Å². The Morgan fingerprint density at radius 3 is 2.57 bits per heavy atom. The minimum Gasteiger partial charge on any atom is -0.355 e. The topological polar surface area (TPSA) is 78.5 Å². The van der Waals surface area contributed by atoms with E-state index in [1.807, 2.05) is 30.3 Å². The minimum absolute atomic E-state index is 0.0795. The molecule has 146 valence electrons. The maximum absolute atomic E-state index is 12.5. The highest BCUT2D eigenvalue weighted by molar-refractivity contribution is 7.99. The van der Waals surface area contributed by atoms with Crippen LogP contribution in [0.4, 0.5) is 4.79 Å². The number of rotatable bonds is 8. The third kappa shape index (κ3) is 5.27. The van der Waals surface area contributed by atoms with Crippen LogP contribution in [0.2, 0.25) is 5.02 Å². The zero-order chi connectivity index (χ0) is 19.9. The summed E-state index contributed by atoms with van der Waals surface area (Å²) < 4.78 is 0. The average Bonchev–Trinajstić information content (AvgIpc) is 2.95. The zero-order valence-corrected chi connectivity index (χ0v) is 16.6. The predicted octanol–water partition coefficient (Wildman–Crippen LogP) is 3.06. The summed E-state index contributed by atoms with van der Waals surface area (Å²) in [6.07, 6.45) is -0.0837. The summed E-state index contributed by atoms with van der Waals surface area (Å²) in [6.45, 7) is 0.562. The molecule has 1 heterocycles. The molecular formula is C20H20ClN3O3S. The standard InChI is InChI=1S/C20H20ClN3O3S/c21-16-9-5-4-6-14(16)13-24-19(26)17(23-20(24)27)12-18(25)22-10-11-28-15-7-2-1-3-8-15/h1-9,17H,10-13H2,(H,22,25)(H,23,27)/t17-/m1/s1. The van der Waals surface area contributed by atoms with Crippen molar-refractivity contribution in [1.29, 1.82) is 0 Å². The molecule has 2 aromatic rings. The van der Waals surface area contributed by atoms with E-state index in [0.29, 0.717) is 17.1 Å². The molecule has 0 bridgehead atoms. The fourth-order valence-electron chi connectivity index (χ4n) is 2.80. The van der Waals surface area contributed by atoms with E-state index < -0.39 is 18.0 Å². The van der Waals surface area contributed by atoms with Gasteiger partial charge in [0.25, 0.3) is 5.91 Å². The molecule has 0 spiro atoms. The van der Waals surface area contributed by atoms with Crippen molar-refractivity contribution in [3.8, 4) is 0 Å². The Hall–Kier alpha value is -2.51. The van der Waals surface area contributed by atoms with E-state index in [9.17, 15) is 14.4 Å². The van der Waals surface area contributed by atoms with Crippen LogP contribution >= 0.6 is 23.4 Å². The lowest BCUT2D eigenvalue weighted by Gasteiger charge is -2.14. The van der Waals surface area contributed by atoms with E-state index in [1.54, 1.807) is 36.0 Å². The van der Waals surface area contributed by atoms with E-state index in [1.165, 1.54) is 0 Å². The van der Waals surface area contributed by atoms with E-state index in [0.717, 1.165) is 15.5 Å². The Labute approximate surface area is 172 Å². The Balaban J connectivity index is 1.45. The van der Waals surface area contributed by atoms with Crippen LogP contribution in [0.1, 0.15) is 12.0 Å². The molecule has 1 saturated heterocycles. The van der Waals surface area contributed by atoms with Crippen molar-refractivity contribution >= 4 is 41.2 Å². The van der Waals surface area contributed by atoms with Gasteiger partial charge < -0.3 is 10.6 Å². The highest BCUT2D eigenvalue weighted by Crippen LogP contribution is 2.20. The lowest BCUT2D eigenvalue weighted by Crippen LogP contribution is -2.37. The number of carbonyl (C=O) groups excluding carboxylic acids is 3. The Morgan fingerprint density at radius 2 is 1.82 bits per heavy atom. The molecule has 2 aromatic carbocycles. The maximum atomic E-state index is 12.5. The van der Waals surface area contributed by atoms with Gasteiger partial charge in [0.15, 0.2) is 0 Å². The van der Waals surface area contributed by atoms with Gasteiger partial charge in [0, 0.05) is 22.2 Å². The molecule has 1 aliphatic heterocycles. The van der Waals surface area contributed by atoms with Gasteiger partial charge in [-0.1, -0.05) is 48.0 Å². The van der Waals surface area contributed by atoms with Crippen molar-refractivity contribution in [2.75, 3.05) is 12.3 Å². The van der Waals surface area contributed by atoms with E-state index in [4.69, 9.17) is 11.6 Å². The molecule has 6 nitrogen and oxygen atoms in total. The van der Waals surface area contributed by atoms with Gasteiger partial charge >= 0.3 is 6.03 Å². The number of hydrogen-bond donors (Lipinski definition) is 2. The average molecular weight is 418 g/mol. The summed E-state index contributed by atoms with van der Waals surface area (Å²) in [5.74, 6) is 0.0324. The van der Waals surface area contributed by atoms with Gasteiger partial charge in [-0.15, -0.1) is 11.8 Å². The first-order chi connectivity index (χ1) is 13.5. The third-order valence-electron chi connectivity index (χ3n) is 4.22. The van der Waals surface area contributed by atoms with Gasteiger partial charge in [-0.2, -0.15) is 0 Å². The molecule has 0 saturated carbocycles. The quantitative estimate of drug-likeness (QED) is 0.393. The summed E-state index contributed by atoms with van der Waals surface area (Å²) in [5, 5.41) is 5.84. The number of amides is 4. The fourth-order valence-corrected chi connectivity index (χ4v) is 3.78.